The topological polar surface area (TPSA) is 0 Å². The van der Waals surface area contributed by atoms with Crippen molar-refractivity contribution < 1.29 is 0 Å². The molecule has 2 aliphatic rings. The van der Waals surface area contributed by atoms with Gasteiger partial charge in [-0.15, -0.1) is 0 Å². The standard InChI is InChI=1S/C15H14/c1-3-7-14-11-15-8-4-2-6-13(15)10-9-12(14)5-1/h1-8,11-12H,9-10H2. The Balaban J connectivity index is 2.09. The van der Waals surface area contributed by atoms with Crippen molar-refractivity contribution in [3.8, 4) is 0 Å². The highest BCUT2D eigenvalue weighted by Crippen LogP contribution is 2.30. The van der Waals surface area contributed by atoms with E-state index in [1.54, 1.807) is 0 Å². The first-order chi connectivity index (χ1) is 7.43. The van der Waals surface area contributed by atoms with Gasteiger partial charge < -0.3 is 0 Å². The lowest BCUT2D eigenvalue weighted by molar-refractivity contribution is 0.691. The smallest absolute Gasteiger partial charge is 0.00244 e. The van der Waals surface area contributed by atoms with Crippen molar-refractivity contribution in [3.05, 3.63) is 65.3 Å². The normalized spacial score (nSPS) is 22.7. The van der Waals surface area contributed by atoms with Crippen LogP contribution in [0.3, 0.4) is 0 Å². The van der Waals surface area contributed by atoms with Crippen LogP contribution in [0.5, 0.6) is 0 Å². The van der Waals surface area contributed by atoms with E-state index in [1.807, 2.05) is 0 Å². The van der Waals surface area contributed by atoms with Crippen molar-refractivity contribution in [1.82, 2.24) is 0 Å². The van der Waals surface area contributed by atoms with Crippen molar-refractivity contribution in [2.75, 3.05) is 0 Å². The van der Waals surface area contributed by atoms with E-state index >= 15 is 0 Å². The molecule has 0 spiro atoms. The van der Waals surface area contributed by atoms with Gasteiger partial charge in [0.15, 0.2) is 0 Å². The third kappa shape index (κ3) is 1.56. The van der Waals surface area contributed by atoms with Gasteiger partial charge in [0.25, 0.3) is 0 Å². The molecular weight excluding hydrogens is 180 g/mol. The number of hydrogen-bond donors (Lipinski definition) is 0. The fourth-order valence-electron chi connectivity index (χ4n) is 2.41. The molecule has 1 aromatic rings. The molecule has 0 heteroatoms. The Labute approximate surface area is 90.6 Å². The van der Waals surface area contributed by atoms with E-state index < -0.39 is 0 Å². The summed E-state index contributed by atoms with van der Waals surface area (Å²) in [7, 11) is 0. The van der Waals surface area contributed by atoms with Gasteiger partial charge in [0.05, 0.1) is 0 Å². The zero-order valence-corrected chi connectivity index (χ0v) is 8.69. The summed E-state index contributed by atoms with van der Waals surface area (Å²) in [6.07, 6.45) is 13.6. The van der Waals surface area contributed by atoms with Crippen molar-refractivity contribution in [2.24, 2.45) is 5.92 Å². The molecule has 0 heterocycles. The van der Waals surface area contributed by atoms with Gasteiger partial charge in [-0.1, -0.05) is 54.6 Å². The zero-order valence-electron chi connectivity index (χ0n) is 8.69. The van der Waals surface area contributed by atoms with Gasteiger partial charge in [-0.05, 0) is 29.5 Å². The Hall–Kier alpha value is -1.56. The first-order valence-corrected chi connectivity index (χ1v) is 5.58. The molecule has 1 atom stereocenters. The van der Waals surface area contributed by atoms with Crippen molar-refractivity contribution >= 4 is 6.08 Å². The molecule has 15 heavy (non-hydrogen) atoms. The van der Waals surface area contributed by atoms with E-state index in [0.717, 1.165) is 0 Å². The fraction of sp³-hybridized carbons (Fsp3) is 0.200. The molecule has 0 bridgehead atoms. The molecule has 0 fully saturated rings. The molecule has 2 aliphatic carbocycles. The highest BCUT2D eigenvalue weighted by Gasteiger charge is 2.15. The average Bonchev–Trinajstić information content (AvgIpc) is 2.48. The van der Waals surface area contributed by atoms with Gasteiger partial charge >= 0.3 is 0 Å². The zero-order chi connectivity index (χ0) is 10.1. The molecule has 1 unspecified atom stereocenters. The second kappa shape index (κ2) is 3.54. The lowest BCUT2D eigenvalue weighted by Gasteiger charge is -2.13. The van der Waals surface area contributed by atoms with Crippen LogP contribution < -0.4 is 0 Å². The molecule has 0 nitrogen and oxygen atoms in total. The third-order valence-electron chi connectivity index (χ3n) is 3.27. The predicted molar refractivity (Wildman–Crippen MR) is 64.5 cm³/mol. The Kier molecular flexibility index (Phi) is 2.06. The number of allylic oxidation sites excluding steroid dienone is 5. The van der Waals surface area contributed by atoms with Crippen LogP contribution in [0.15, 0.2) is 54.1 Å². The quantitative estimate of drug-likeness (QED) is 0.590. The summed E-state index contributed by atoms with van der Waals surface area (Å²) < 4.78 is 0. The Morgan fingerprint density at radius 1 is 1.07 bits per heavy atom. The number of fused-ring (bicyclic) bond motifs is 2. The van der Waals surface area contributed by atoms with Crippen molar-refractivity contribution in [3.63, 3.8) is 0 Å². The van der Waals surface area contributed by atoms with E-state index in [-0.39, 0.29) is 0 Å². The molecule has 74 valence electrons. The van der Waals surface area contributed by atoms with Gasteiger partial charge in [0.2, 0.25) is 0 Å². The summed E-state index contributed by atoms with van der Waals surface area (Å²) in [4.78, 5) is 0. The van der Waals surface area contributed by atoms with Gasteiger partial charge in [0, 0.05) is 5.92 Å². The van der Waals surface area contributed by atoms with Crippen LogP contribution in [-0.4, -0.2) is 0 Å². The summed E-state index contributed by atoms with van der Waals surface area (Å²) in [5.41, 5.74) is 4.35. The Morgan fingerprint density at radius 3 is 3.00 bits per heavy atom. The molecular formula is C15H14. The molecule has 0 N–H and O–H groups in total. The second-order valence-corrected chi connectivity index (χ2v) is 4.23. The van der Waals surface area contributed by atoms with Crippen LogP contribution in [-0.2, 0) is 6.42 Å². The number of aryl methyl sites for hydroxylation is 1. The molecule has 0 saturated heterocycles. The van der Waals surface area contributed by atoms with E-state index in [1.165, 1.54) is 29.5 Å². The maximum absolute atomic E-state index is 2.34. The number of hydrogen-bond acceptors (Lipinski definition) is 0. The first-order valence-electron chi connectivity index (χ1n) is 5.58. The summed E-state index contributed by atoms with van der Waals surface area (Å²) in [6, 6.07) is 8.73. The SMILES string of the molecule is C1=CC2=Cc3ccccc3CCC2C=C1. The van der Waals surface area contributed by atoms with E-state index in [4.69, 9.17) is 0 Å². The third-order valence-corrected chi connectivity index (χ3v) is 3.27. The molecule has 0 saturated carbocycles. The molecule has 3 rings (SSSR count). The van der Waals surface area contributed by atoms with Crippen LogP contribution in [0.1, 0.15) is 17.5 Å². The molecule has 0 aromatic heterocycles. The molecule has 0 aliphatic heterocycles. The van der Waals surface area contributed by atoms with E-state index in [2.05, 4.69) is 54.6 Å². The lowest BCUT2D eigenvalue weighted by atomic mass is 9.91. The van der Waals surface area contributed by atoms with Crippen molar-refractivity contribution in [2.45, 2.75) is 12.8 Å². The lowest BCUT2D eigenvalue weighted by Crippen LogP contribution is -2.01. The number of rotatable bonds is 0. The van der Waals surface area contributed by atoms with Crippen LogP contribution in [0.4, 0.5) is 0 Å². The van der Waals surface area contributed by atoms with Gasteiger partial charge in [-0.25, -0.2) is 0 Å². The minimum atomic E-state index is 0.627. The summed E-state index contributed by atoms with van der Waals surface area (Å²) >= 11 is 0. The fourth-order valence-corrected chi connectivity index (χ4v) is 2.41. The maximum atomic E-state index is 2.34. The maximum Gasteiger partial charge on any atom is 0.00244 e. The first kappa shape index (κ1) is 8.72. The molecule has 0 amide bonds. The minimum absolute atomic E-state index is 0.627. The number of benzene rings is 1. The van der Waals surface area contributed by atoms with Crippen LogP contribution in [0.2, 0.25) is 0 Å². The van der Waals surface area contributed by atoms with Crippen LogP contribution >= 0.6 is 0 Å². The minimum Gasteiger partial charge on any atom is -0.0770 e. The van der Waals surface area contributed by atoms with Crippen LogP contribution in [0, 0.1) is 5.92 Å². The largest absolute Gasteiger partial charge is 0.0770 e. The van der Waals surface area contributed by atoms with Crippen molar-refractivity contribution in [1.29, 1.82) is 0 Å². The average molecular weight is 194 g/mol. The van der Waals surface area contributed by atoms with E-state index in [0.29, 0.717) is 5.92 Å². The second-order valence-electron chi connectivity index (χ2n) is 4.23. The highest BCUT2D eigenvalue weighted by atomic mass is 14.2. The summed E-state index contributed by atoms with van der Waals surface area (Å²) in [5, 5.41) is 0. The Bertz CT molecular complexity index is 461. The summed E-state index contributed by atoms with van der Waals surface area (Å²) in [6.45, 7) is 0. The van der Waals surface area contributed by atoms with Gasteiger partial charge in [-0.3, -0.25) is 0 Å². The van der Waals surface area contributed by atoms with Crippen LogP contribution in [0.25, 0.3) is 6.08 Å². The highest BCUT2D eigenvalue weighted by molar-refractivity contribution is 5.62. The predicted octanol–water partition coefficient (Wildman–Crippen LogP) is 3.76. The molecule has 0 radical (unpaired) electrons. The van der Waals surface area contributed by atoms with Gasteiger partial charge in [0.1, 0.15) is 0 Å². The van der Waals surface area contributed by atoms with E-state index in [9.17, 15) is 0 Å². The Morgan fingerprint density at radius 2 is 2.00 bits per heavy atom. The monoisotopic (exact) mass is 194 g/mol. The van der Waals surface area contributed by atoms with Gasteiger partial charge in [-0.2, -0.15) is 0 Å². The molecule has 1 aromatic carbocycles. The summed E-state index contributed by atoms with van der Waals surface area (Å²) in [5.74, 6) is 0.627.